The molecule has 1 N–H and O–H groups in total. The minimum absolute atomic E-state index is 0.113. The molecule has 0 aliphatic carbocycles. The lowest BCUT2D eigenvalue weighted by Gasteiger charge is -2.20. The number of carbonyl (C=O) groups excluding carboxylic acids is 2. The minimum Gasteiger partial charge on any atom is -0.445 e. The molecular weight excluding hydrogens is 384 g/mol. The maximum Gasteiger partial charge on any atom is 0.408 e. The van der Waals surface area contributed by atoms with Gasteiger partial charge < -0.3 is 15.0 Å². The fourth-order valence-corrected chi connectivity index (χ4v) is 3.20. The Balaban J connectivity index is 1.58. The Morgan fingerprint density at radius 2 is 2.00 bits per heavy atom. The van der Waals surface area contributed by atoms with Gasteiger partial charge in [-0.1, -0.05) is 52.3 Å². The summed E-state index contributed by atoms with van der Waals surface area (Å²) < 4.78 is 6.15. The summed E-state index contributed by atoms with van der Waals surface area (Å²) in [6.07, 6.45) is -0.0133. The number of rotatable bonds is 4. The maximum atomic E-state index is 12.6. The predicted octanol–water partition coefficient (Wildman–Crippen LogP) is 3.79. The van der Waals surface area contributed by atoms with Crippen molar-refractivity contribution in [3.05, 3.63) is 64.1 Å². The molecule has 2 aromatic rings. The normalized spacial score (nSPS) is 16.8. The SMILES string of the molecule is Cc1c(Br)cccc1N1CCC(NC(=O)OCc2ccccc2)C1=O. The lowest BCUT2D eigenvalue weighted by atomic mass is 10.2. The van der Waals surface area contributed by atoms with E-state index in [2.05, 4.69) is 21.2 Å². The van der Waals surface area contributed by atoms with Gasteiger partial charge in [0.2, 0.25) is 5.91 Å². The summed E-state index contributed by atoms with van der Waals surface area (Å²) in [6, 6.07) is 14.6. The molecule has 5 nitrogen and oxygen atoms in total. The summed E-state index contributed by atoms with van der Waals surface area (Å²) in [4.78, 5) is 26.3. The zero-order chi connectivity index (χ0) is 17.8. The molecule has 1 saturated heterocycles. The lowest BCUT2D eigenvalue weighted by Crippen LogP contribution is -2.41. The first-order chi connectivity index (χ1) is 12.1. The van der Waals surface area contributed by atoms with Crippen LogP contribution in [0.15, 0.2) is 53.0 Å². The number of anilines is 1. The predicted molar refractivity (Wildman–Crippen MR) is 99.4 cm³/mol. The van der Waals surface area contributed by atoms with Crippen LogP contribution in [0.5, 0.6) is 0 Å². The van der Waals surface area contributed by atoms with Gasteiger partial charge in [0.25, 0.3) is 0 Å². The third-order valence-electron chi connectivity index (χ3n) is 4.24. The Labute approximate surface area is 155 Å². The average molecular weight is 403 g/mol. The van der Waals surface area contributed by atoms with Crippen LogP contribution >= 0.6 is 15.9 Å². The summed E-state index contributed by atoms with van der Waals surface area (Å²) in [5, 5.41) is 2.67. The highest BCUT2D eigenvalue weighted by Gasteiger charge is 2.34. The highest BCUT2D eigenvalue weighted by Crippen LogP contribution is 2.29. The first-order valence-corrected chi connectivity index (χ1v) is 8.89. The van der Waals surface area contributed by atoms with Crippen molar-refractivity contribution in [1.82, 2.24) is 5.32 Å². The topological polar surface area (TPSA) is 58.6 Å². The Hall–Kier alpha value is -2.34. The second-order valence-electron chi connectivity index (χ2n) is 5.92. The molecule has 2 amide bonds. The minimum atomic E-state index is -0.574. The van der Waals surface area contributed by atoms with Crippen LogP contribution in [0.1, 0.15) is 17.5 Å². The molecule has 1 aliphatic heterocycles. The monoisotopic (exact) mass is 402 g/mol. The van der Waals surface area contributed by atoms with Gasteiger partial charge in [0.15, 0.2) is 0 Å². The van der Waals surface area contributed by atoms with Gasteiger partial charge in [-0.3, -0.25) is 4.79 Å². The number of hydrogen-bond acceptors (Lipinski definition) is 3. The zero-order valence-corrected chi connectivity index (χ0v) is 15.5. The largest absolute Gasteiger partial charge is 0.445 e. The smallest absolute Gasteiger partial charge is 0.408 e. The molecule has 1 heterocycles. The molecule has 1 atom stereocenters. The van der Waals surface area contributed by atoms with Crippen molar-refractivity contribution in [2.24, 2.45) is 0 Å². The van der Waals surface area contributed by atoms with Crippen LogP contribution in [-0.4, -0.2) is 24.6 Å². The molecule has 3 rings (SSSR count). The van der Waals surface area contributed by atoms with Crippen molar-refractivity contribution in [2.45, 2.75) is 26.0 Å². The third kappa shape index (κ3) is 4.02. The van der Waals surface area contributed by atoms with Crippen LogP contribution < -0.4 is 10.2 Å². The van der Waals surface area contributed by atoms with Gasteiger partial charge >= 0.3 is 6.09 Å². The molecule has 0 radical (unpaired) electrons. The number of halogens is 1. The standard InChI is InChI=1S/C19H19BrN2O3/c1-13-15(20)8-5-9-17(13)22-11-10-16(18(22)23)21-19(24)25-12-14-6-3-2-4-7-14/h2-9,16H,10-12H2,1H3,(H,21,24). The van der Waals surface area contributed by atoms with Crippen molar-refractivity contribution in [3.63, 3.8) is 0 Å². The van der Waals surface area contributed by atoms with Crippen LogP contribution in [-0.2, 0) is 16.1 Å². The number of nitrogens with zero attached hydrogens (tertiary/aromatic N) is 1. The highest BCUT2D eigenvalue weighted by molar-refractivity contribution is 9.10. The molecule has 130 valence electrons. The molecular formula is C19H19BrN2O3. The van der Waals surface area contributed by atoms with Gasteiger partial charge in [-0.2, -0.15) is 0 Å². The molecule has 6 heteroatoms. The second-order valence-corrected chi connectivity index (χ2v) is 6.78. The van der Waals surface area contributed by atoms with Gasteiger partial charge in [0, 0.05) is 16.7 Å². The quantitative estimate of drug-likeness (QED) is 0.845. The van der Waals surface area contributed by atoms with Gasteiger partial charge in [0.1, 0.15) is 12.6 Å². The van der Waals surface area contributed by atoms with Crippen molar-refractivity contribution in [3.8, 4) is 0 Å². The maximum absolute atomic E-state index is 12.6. The van der Waals surface area contributed by atoms with Gasteiger partial charge in [-0.25, -0.2) is 4.79 Å². The Kier molecular flexibility index (Phi) is 5.38. The van der Waals surface area contributed by atoms with E-state index in [1.54, 1.807) is 4.90 Å². The summed E-state index contributed by atoms with van der Waals surface area (Å²) in [7, 11) is 0. The van der Waals surface area contributed by atoms with Crippen LogP contribution in [0.2, 0.25) is 0 Å². The van der Waals surface area contributed by atoms with E-state index in [0.29, 0.717) is 13.0 Å². The number of amides is 2. The molecule has 25 heavy (non-hydrogen) atoms. The third-order valence-corrected chi connectivity index (χ3v) is 5.10. The number of alkyl carbamates (subject to hydrolysis) is 1. The van der Waals surface area contributed by atoms with Crippen LogP contribution in [0.4, 0.5) is 10.5 Å². The van der Waals surface area contributed by atoms with E-state index in [1.165, 1.54) is 0 Å². The van der Waals surface area contributed by atoms with E-state index >= 15 is 0 Å². The van der Waals surface area contributed by atoms with E-state index < -0.39 is 12.1 Å². The summed E-state index contributed by atoms with van der Waals surface area (Å²) in [5.74, 6) is -0.113. The van der Waals surface area contributed by atoms with Crippen molar-refractivity contribution < 1.29 is 14.3 Å². The molecule has 1 unspecified atom stereocenters. The second kappa shape index (κ2) is 7.70. The van der Waals surface area contributed by atoms with Gasteiger partial charge in [0.05, 0.1) is 0 Å². The molecule has 1 aliphatic rings. The number of ether oxygens (including phenoxy) is 1. The van der Waals surface area contributed by atoms with Crippen LogP contribution in [0, 0.1) is 6.92 Å². The number of hydrogen-bond donors (Lipinski definition) is 1. The Morgan fingerprint density at radius 3 is 2.76 bits per heavy atom. The summed E-state index contributed by atoms with van der Waals surface area (Å²) in [5.41, 5.74) is 2.77. The molecule has 0 aromatic heterocycles. The number of benzene rings is 2. The van der Waals surface area contributed by atoms with Crippen molar-refractivity contribution >= 4 is 33.6 Å². The molecule has 0 bridgehead atoms. The zero-order valence-electron chi connectivity index (χ0n) is 13.9. The number of nitrogens with one attached hydrogen (secondary N) is 1. The Bertz CT molecular complexity index is 779. The van der Waals surface area contributed by atoms with Gasteiger partial charge in [-0.05, 0) is 36.6 Å². The van der Waals surface area contributed by atoms with Gasteiger partial charge in [-0.15, -0.1) is 0 Å². The molecule has 0 spiro atoms. The summed E-state index contributed by atoms with van der Waals surface area (Å²) >= 11 is 3.48. The molecule has 0 saturated carbocycles. The lowest BCUT2D eigenvalue weighted by molar-refractivity contribution is -0.118. The highest BCUT2D eigenvalue weighted by atomic mass is 79.9. The van der Waals surface area contributed by atoms with Crippen LogP contribution in [0.25, 0.3) is 0 Å². The fourth-order valence-electron chi connectivity index (χ4n) is 2.85. The first kappa shape index (κ1) is 17.5. The van der Waals surface area contributed by atoms with E-state index in [1.807, 2.05) is 55.5 Å². The molecule has 2 aromatic carbocycles. The average Bonchev–Trinajstić information content (AvgIpc) is 2.97. The van der Waals surface area contributed by atoms with E-state index in [-0.39, 0.29) is 12.5 Å². The van der Waals surface area contributed by atoms with Crippen molar-refractivity contribution in [2.75, 3.05) is 11.4 Å². The first-order valence-electron chi connectivity index (χ1n) is 8.10. The number of carbonyl (C=O) groups is 2. The summed E-state index contributed by atoms with van der Waals surface area (Å²) in [6.45, 7) is 2.71. The van der Waals surface area contributed by atoms with E-state index in [4.69, 9.17) is 4.74 Å². The van der Waals surface area contributed by atoms with Crippen LogP contribution in [0.3, 0.4) is 0 Å². The van der Waals surface area contributed by atoms with E-state index in [0.717, 1.165) is 21.3 Å². The van der Waals surface area contributed by atoms with E-state index in [9.17, 15) is 9.59 Å². The Morgan fingerprint density at radius 1 is 1.24 bits per heavy atom. The van der Waals surface area contributed by atoms with Crippen molar-refractivity contribution in [1.29, 1.82) is 0 Å². The molecule has 1 fully saturated rings. The fraction of sp³-hybridized carbons (Fsp3) is 0.263.